The van der Waals surface area contributed by atoms with Crippen LogP contribution in [0.15, 0.2) is 18.2 Å². The van der Waals surface area contributed by atoms with Gasteiger partial charge in [-0.05, 0) is 31.0 Å². The van der Waals surface area contributed by atoms with Crippen molar-refractivity contribution in [1.29, 1.82) is 0 Å². The summed E-state index contributed by atoms with van der Waals surface area (Å²) < 4.78 is 5.48. The summed E-state index contributed by atoms with van der Waals surface area (Å²) in [5.74, 6) is -1.19. The smallest absolute Gasteiger partial charge is 0.253 e. The van der Waals surface area contributed by atoms with E-state index in [9.17, 15) is 14.4 Å². The van der Waals surface area contributed by atoms with Crippen molar-refractivity contribution in [2.45, 2.75) is 18.9 Å². The van der Waals surface area contributed by atoms with Crippen LogP contribution in [0.1, 0.15) is 23.2 Å². The highest BCUT2D eigenvalue weighted by Gasteiger charge is 2.20. The SMILES string of the molecule is CN(CC1CCCO1)C(=O)CNC(=O)CNC(=O)c1ccc(Cl)cc1Cl. The lowest BCUT2D eigenvalue weighted by molar-refractivity contribution is -0.132. The molecule has 2 N–H and O–H groups in total. The Kier molecular flexibility index (Phi) is 7.68. The van der Waals surface area contributed by atoms with Crippen molar-refractivity contribution in [2.75, 3.05) is 33.3 Å². The molecule has 9 heteroatoms. The maximum atomic E-state index is 12.0. The third-order valence-corrected chi connectivity index (χ3v) is 4.50. The van der Waals surface area contributed by atoms with Crippen molar-refractivity contribution in [3.8, 4) is 0 Å². The zero-order valence-electron chi connectivity index (χ0n) is 14.4. The van der Waals surface area contributed by atoms with Crippen LogP contribution in [0.3, 0.4) is 0 Å². The third-order valence-electron chi connectivity index (χ3n) is 3.95. The Morgan fingerprint density at radius 3 is 2.65 bits per heavy atom. The van der Waals surface area contributed by atoms with Gasteiger partial charge in [-0.25, -0.2) is 0 Å². The van der Waals surface area contributed by atoms with E-state index in [-0.39, 0.29) is 35.7 Å². The molecule has 1 aromatic rings. The molecule has 1 unspecified atom stereocenters. The average molecular weight is 402 g/mol. The molecular formula is C17H21Cl2N3O4. The summed E-state index contributed by atoms with van der Waals surface area (Å²) in [6.45, 7) is 0.821. The number of carbonyl (C=O) groups is 3. The second-order valence-corrected chi connectivity index (χ2v) is 6.84. The number of benzene rings is 1. The Morgan fingerprint density at radius 2 is 2.00 bits per heavy atom. The first-order valence-corrected chi connectivity index (χ1v) is 8.98. The molecule has 1 atom stereocenters. The monoisotopic (exact) mass is 401 g/mol. The van der Waals surface area contributed by atoms with Crippen molar-refractivity contribution >= 4 is 40.9 Å². The van der Waals surface area contributed by atoms with E-state index in [2.05, 4.69) is 10.6 Å². The van der Waals surface area contributed by atoms with Crippen molar-refractivity contribution in [1.82, 2.24) is 15.5 Å². The number of rotatable bonds is 7. The van der Waals surface area contributed by atoms with Gasteiger partial charge in [-0.3, -0.25) is 14.4 Å². The number of hydrogen-bond donors (Lipinski definition) is 2. The molecule has 26 heavy (non-hydrogen) atoms. The van der Waals surface area contributed by atoms with Gasteiger partial charge in [0, 0.05) is 25.2 Å². The average Bonchev–Trinajstić information content (AvgIpc) is 3.10. The number of ether oxygens (including phenoxy) is 1. The van der Waals surface area contributed by atoms with Gasteiger partial charge in [-0.1, -0.05) is 23.2 Å². The number of nitrogens with zero attached hydrogens (tertiary/aromatic N) is 1. The van der Waals surface area contributed by atoms with Crippen LogP contribution < -0.4 is 10.6 Å². The number of likely N-dealkylation sites (N-methyl/N-ethyl adjacent to an activating group) is 1. The third kappa shape index (κ3) is 6.16. The van der Waals surface area contributed by atoms with E-state index >= 15 is 0 Å². The fraction of sp³-hybridized carbons (Fsp3) is 0.471. The van der Waals surface area contributed by atoms with Crippen LogP contribution >= 0.6 is 23.2 Å². The van der Waals surface area contributed by atoms with Crippen molar-refractivity contribution in [3.63, 3.8) is 0 Å². The van der Waals surface area contributed by atoms with Gasteiger partial charge < -0.3 is 20.3 Å². The van der Waals surface area contributed by atoms with Gasteiger partial charge in [0.1, 0.15) is 0 Å². The summed E-state index contributed by atoms with van der Waals surface area (Å²) in [5.41, 5.74) is 0.219. The molecule has 0 bridgehead atoms. The molecule has 0 spiro atoms. The van der Waals surface area contributed by atoms with Crippen LogP contribution in [0.4, 0.5) is 0 Å². The zero-order chi connectivity index (χ0) is 19.1. The first-order chi connectivity index (χ1) is 12.4. The minimum atomic E-state index is -0.497. The van der Waals surface area contributed by atoms with Gasteiger partial charge >= 0.3 is 0 Å². The molecule has 1 aromatic carbocycles. The van der Waals surface area contributed by atoms with E-state index in [1.165, 1.54) is 23.1 Å². The normalized spacial score (nSPS) is 16.2. The summed E-state index contributed by atoms with van der Waals surface area (Å²) in [7, 11) is 1.67. The molecule has 0 aromatic heterocycles. The van der Waals surface area contributed by atoms with Gasteiger partial charge in [-0.15, -0.1) is 0 Å². The molecule has 1 saturated heterocycles. The topological polar surface area (TPSA) is 87.7 Å². The highest BCUT2D eigenvalue weighted by molar-refractivity contribution is 6.36. The zero-order valence-corrected chi connectivity index (χ0v) is 15.9. The maximum absolute atomic E-state index is 12.0. The van der Waals surface area contributed by atoms with Gasteiger partial charge in [-0.2, -0.15) is 0 Å². The molecule has 3 amide bonds. The number of amides is 3. The van der Waals surface area contributed by atoms with E-state index in [4.69, 9.17) is 27.9 Å². The van der Waals surface area contributed by atoms with Gasteiger partial charge in [0.2, 0.25) is 11.8 Å². The van der Waals surface area contributed by atoms with E-state index < -0.39 is 11.8 Å². The molecule has 0 aliphatic carbocycles. The predicted molar refractivity (Wildman–Crippen MR) is 98.4 cm³/mol. The summed E-state index contributed by atoms with van der Waals surface area (Å²) in [4.78, 5) is 37.4. The van der Waals surface area contributed by atoms with E-state index in [0.29, 0.717) is 11.6 Å². The molecule has 1 aliphatic rings. The van der Waals surface area contributed by atoms with Crippen molar-refractivity contribution in [2.24, 2.45) is 0 Å². The predicted octanol–water partition coefficient (Wildman–Crippen LogP) is 1.48. The van der Waals surface area contributed by atoms with Gasteiger partial charge in [0.05, 0.1) is 29.8 Å². The number of carbonyl (C=O) groups excluding carboxylic acids is 3. The molecule has 1 fully saturated rings. The highest BCUT2D eigenvalue weighted by Crippen LogP contribution is 2.20. The second-order valence-electron chi connectivity index (χ2n) is 5.99. The maximum Gasteiger partial charge on any atom is 0.253 e. The second kappa shape index (κ2) is 9.75. The van der Waals surface area contributed by atoms with E-state index in [1.807, 2.05) is 0 Å². The van der Waals surface area contributed by atoms with Crippen LogP contribution in [0.25, 0.3) is 0 Å². The summed E-state index contributed by atoms with van der Waals surface area (Å²) in [6, 6.07) is 4.45. The fourth-order valence-corrected chi connectivity index (χ4v) is 2.99. The van der Waals surface area contributed by atoms with Crippen LogP contribution in [0.5, 0.6) is 0 Å². The number of halogens is 2. The highest BCUT2D eigenvalue weighted by atomic mass is 35.5. The molecule has 1 aliphatic heterocycles. The standard InChI is InChI=1S/C17H21Cl2N3O4/c1-22(10-12-3-2-6-26-12)16(24)9-20-15(23)8-21-17(25)13-5-4-11(18)7-14(13)19/h4-5,7,12H,2-3,6,8-10H2,1H3,(H,20,23)(H,21,25). The van der Waals surface area contributed by atoms with E-state index in [1.54, 1.807) is 7.05 Å². The molecule has 2 rings (SSSR count). The first kappa shape index (κ1) is 20.5. The fourth-order valence-electron chi connectivity index (χ4n) is 2.50. The number of hydrogen-bond acceptors (Lipinski definition) is 4. The Hall–Kier alpha value is -1.83. The van der Waals surface area contributed by atoms with E-state index in [0.717, 1.165) is 19.4 Å². The van der Waals surface area contributed by atoms with Crippen LogP contribution in [0, 0.1) is 0 Å². The molecule has 0 radical (unpaired) electrons. The van der Waals surface area contributed by atoms with Crippen LogP contribution in [-0.4, -0.2) is 62.0 Å². The van der Waals surface area contributed by atoms with Crippen LogP contribution in [0.2, 0.25) is 10.0 Å². The molecule has 1 heterocycles. The Balaban J connectivity index is 1.70. The Bertz CT molecular complexity index is 678. The molecule has 7 nitrogen and oxygen atoms in total. The molecule has 142 valence electrons. The summed E-state index contributed by atoms with van der Waals surface area (Å²) in [6.07, 6.45) is 1.99. The lowest BCUT2D eigenvalue weighted by Gasteiger charge is -2.21. The van der Waals surface area contributed by atoms with Crippen LogP contribution in [-0.2, 0) is 14.3 Å². The summed E-state index contributed by atoms with van der Waals surface area (Å²) >= 11 is 11.7. The molecular weight excluding hydrogens is 381 g/mol. The van der Waals surface area contributed by atoms with Crippen molar-refractivity contribution in [3.05, 3.63) is 33.8 Å². The minimum Gasteiger partial charge on any atom is -0.376 e. The molecule has 0 saturated carbocycles. The quantitative estimate of drug-likeness (QED) is 0.723. The van der Waals surface area contributed by atoms with Gasteiger partial charge in [0.25, 0.3) is 5.91 Å². The van der Waals surface area contributed by atoms with Crippen molar-refractivity contribution < 1.29 is 19.1 Å². The lowest BCUT2D eigenvalue weighted by Crippen LogP contribution is -2.44. The Morgan fingerprint density at radius 1 is 1.23 bits per heavy atom. The van der Waals surface area contributed by atoms with Gasteiger partial charge in [0.15, 0.2) is 0 Å². The first-order valence-electron chi connectivity index (χ1n) is 8.22. The largest absolute Gasteiger partial charge is 0.376 e. The minimum absolute atomic E-state index is 0.0584. The Labute approximate surface area is 162 Å². The number of nitrogens with one attached hydrogen (secondary N) is 2. The summed E-state index contributed by atoms with van der Waals surface area (Å²) in [5, 5.41) is 5.53. The lowest BCUT2D eigenvalue weighted by atomic mass is 10.2.